The number of aryl methyl sites for hydroxylation is 1. The highest BCUT2D eigenvalue weighted by molar-refractivity contribution is 6.31. The summed E-state index contributed by atoms with van der Waals surface area (Å²) in [6.45, 7) is 3.46. The van der Waals surface area contributed by atoms with Gasteiger partial charge >= 0.3 is 6.01 Å². The molecule has 0 aliphatic carbocycles. The molecule has 0 unspecified atom stereocenters. The molecule has 0 saturated heterocycles. The van der Waals surface area contributed by atoms with Crippen LogP contribution in [0.5, 0.6) is 6.01 Å². The van der Waals surface area contributed by atoms with Gasteiger partial charge in [0, 0.05) is 34.4 Å². The third-order valence-corrected chi connectivity index (χ3v) is 3.57. The Morgan fingerprint density at radius 2 is 2.04 bits per heavy atom. The topological polar surface area (TPSA) is 83.2 Å². The van der Waals surface area contributed by atoms with Gasteiger partial charge in [-0.1, -0.05) is 11.6 Å². The van der Waals surface area contributed by atoms with Crippen LogP contribution < -0.4 is 10.1 Å². The van der Waals surface area contributed by atoms with Crippen LogP contribution in [0.3, 0.4) is 0 Å². The van der Waals surface area contributed by atoms with E-state index in [9.17, 15) is 8.78 Å². The van der Waals surface area contributed by atoms with Crippen molar-refractivity contribution in [1.29, 1.82) is 5.53 Å². The van der Waals surface area contributed by atoms with Gasteiger partial charge in [0.05, 0.1) is 0 Å². The molecule has 2 N–H and O–H groups in total. The average molecular weight is 368 g/mol. The molecular formula is C16H16ClF2N5O. The minimum absolute atomic E-state index is 0.00700. The van der Waals surface area contributed by atoms with Crippen molar-refractivity contribution in [2.45, 2.75) is 20.3 Å². The Labute approximate surface area is 148 Å². The minimum atomic E-state index is -2.68. The SMILES string of the molecule is C/C(Nc1ccc(Cl)c(C(F)F)c1)=C(\COc1ncc(C)cn1)N=N. The fourth-order valence-electron chi connectivity index (χ4n) is 1.89. The quantitative estimate of drug-likeness (QED) is 0.664. The predicted molar refractivity (Wildman–Crippen MR) is 90.1 cm³/mol. The van der Waals surface area contributed by atoms with E-state index in [4.69, 9.17) is 21.9 Å². The molecule has 2 rings (SSSR count). The number of rotatable bonds is 7. The lowest BCUT2D eigenvalue weighted by Crippen LogP contribution is -2.08. The molecule has 25 heavy (non-hydrogen) atoms. The summed E-state index contributed by atoms with van der Waals surface area (Å²) in [5.74, 6) is 0. The Balaban J connectivity index is 2.11. The van der Waals surface area contributed by atoms with Crippen molar-refractivity contribution in [2.75, 3.05) is 11.9 Å². The van der Waals surface area contributed by atoms with Gasteiger partial charge in [-0.15, -0.1) is 0 Å². The summed E-state index contributed by atoms with van der Waals surface area (Å²) >= 11 is 5.74. The number of nitrogens with one attached hydrogen (secondary N) is 2. The van der Waals surface area contributed by atoms with E-state index < -0.39 is 6.43 Å². The van der Waals surface area contributed by atoms with Crippen LogP contribution in [0, 0.1) is 12.5 Å². The monoisotopic (exact) mass is 367 g/mol. The van der Waals surface area contributed by atoms with Crippen molar-refractivity contribution in [3.8, 4) is 6.01 Å². The largest absolute Gasteiger partial charge is 0.457 e. The summed E-state index contributed by atoms with van der Waals surface area (Å²) in [5, 5.41) is 6.31. The van der Waals surface area contributed by atoms with Crippen LogP contribution in [-0.2, 0) is 0 Å². The van der Waals surface area contributed by atoms with Gasteiger partial charge in [-0.05, 0) is 37.6 Å². The van der Waals surface area contributed by atoms with Crippen LogP contribution in [0.4, 0.5) is 14.5 Å². The molecule has 9 heteroatoms. The van der Waals surface area contributed by atoms with Gasteiger partial charge in [0.25, 0.3) is 6.43 Å². The van der Waals surface area contributed by atoms with Gasteiger partial charge < -0.3 is 10.1 Å². The molecule has 0 atom stereocenters. The molecule has 1 heterocycles. The van der Waals surface area contributed by atoms with Gasteiger partial charge in [-0.3, -0.25) is 0 Å². The first-order valence-electron chi connectivity index (χ1n) is 7.24. The average Bonchev–Trinajstić information content (AvgIpc) is 2.58. The zero-order valence-electron chi connectivity index (χ0n) is 13.6. The lowest BCUT2D eigenvalue weighted by atomic mass is 10.2. The summed E-state index contributed by atoms with van der Waals surface area (Å²) < 4.78 is 31.2. The number of nitrogens with zero attached hydrogens (tertiary/aromatic N) is 3. The summed E-state index contributed by atoms with van der Waals surface area (Å²) in [5.41, 5.74) is 9.05. The molecule has 132 valence electrons. The van der Waals surface area contributed by atoms with Gasteiger partial charge in [-0.25, -0.2) is 24.3 Å². The van der Waals surface area contributed by atoms with E-state index in [1.165, 1.54) is 12.1 Å². The van der Waals surface area contributed by atoms with Crippen LogP contribution in [0.1, 0.15) is 24.5 Å². The van der Waals surface area contributed by atoms with Crippen LogP contribution in [0.25, 0.3) is 0 Å². The number of benzene rings is 1. The Morgan fingerprint density at radius 1 is 1.36 bits per heavy atom. The lowest BCUT2D eigenvalue weighted by Gasteiger charge is -2.12. The number of hydrogen-bond donors (Lipinski definition) is 2. The molecular weight excluding hydrogens is 352 g/mol. The van der Waals surface area contributed by atoms with E-state index in [2.05, 4.69) is 20.4 Å². The number of ether oxygens (including phenoxy) is 1. The van der Waals surface area contributed by atoms with Crippen LogP contribution in [-0.4, -0.2) is 16.6 Å². The second-order valence-electron chi connectivity index (χ2n) is 5.18. The first kappa shape index (κ1) is 18.7. The smallest absolute Gasteiger partial charge is 0.316 e. The molecule has 1 aromatic heterocycles. The van der Waals surface area contributed by atoms with Gasteiger partial charge in [0.15, 0.2) is 0 Å². The minimum Gasteiger partial charge on any atom is -0.457 e. The number of aromatic nitrogens is 2. The van der Waals surface area contributed by atoms with E-state index in [-0.39, 0.29) is 28.9 Å². The summed E-state index contributed by atoms with van der Waals surface area (Å²) in [6.07, 6.45) is 0.531. The number of allylic oxidation sites excluding steroid dienone is 1. The molecule has 0 aliphatic heterocycles. The zero-order chi connectivity index (χ0) is 18.4. The standard InChI is InChI=1S/C16H16ClF2N5O/c1-9-6-21-16(22-7-9)25-8-14(24-20)10(2)23-11-3-4-13(17)12(5-11)15(18)19/h3-7,15,20,23H,8H2,1-2H3/b14-10-,24-20?. The molecule has 0 bridgehead atoms. The van der Waals surface area contributed by atoms with Crippen molar-refractivity contribution in [1.82, 2.24) is 9.97 Å². The van der Waals surface area contributed by atoms with Crippen molar-refractivity contribution >= 4 is 17.3 Å². The maximum absolute atomic E-state index is 12.9. The van der Waals surface area contributed by atoms with E-state index >= 15 is 0 Å². The third-order valence-electron chi connectivity index (χ3n) is 3.23. The van der Waals surface area contributed by atoms with Gasteiger partial charge in [-0.2, -0.15) is 5.11 Å². The third kappa shape index (κ3) is 5.18. The Bertz CT molecular complexity index is 781. The maximum atomic E-state index is 12.9. The predicted octanol–water partition coefficient (Wildman–Crippen LogP) is 5.13. The molecule has 6 nitrogen and oxygen atoms in total. The van der Waals surface area contributed by atoms with Gasteiger partial charge in [0.2, 0.25) is 0 Å². The Kier molecular flexibility index (Phi) is 6.35. The number of anilines is 1. The summed E-state index contributed by atoms with van der Waals surface area (Å²) in [4.78, 5) is 7.98. The Morgan fingerprint density at radius 3 is 2.64 bits per heavy atom. The van der Waals surface area contributed by atoms with E-state index in [1.807, 2.05) is 6.92 Å². The van der Waals surface area contributed by atoms with Crippen LogP contribution in [0.2, 0.25) is 5.02 Å². The number of halogens is 3. The van der Waals surface area contributed by atoms with E-state index in [1.54, 1.807) is 25.4 Å². The lowest BCUT2D eigenvalue weighted by molar-refractivity contribution is 0.151. The first-order chi connectivity index (χ1) is 11.9. The maximum Gasteiger partial charge on any atom is 0.316 e. The zero-order valence-corrected chi connectivity index (χ0v) is 14.3. The molecule has 0 saturated carbocycles. The van der Waals surface area contributed by atoms with Crippen molar-refractivity contribution in [3.63, 3.8) is 0 Å². The molecule has 0 amide bonds. The van der Waals surface area contributed by atoms with Crippen LogP contribution in [0.15, 0.2) is 47.1 Å². The fourth-order valence-corrected chi connectivity index (χ4v) is 2.09. The first-order valence-corrected chi connectivity index (χ1v) is 7.61. The summed E-state index contributed by atoms with van der Waals surface area (Å²) in [7, 11) is 0. The highest BCUT2D eigenvalue weighted by atomic mass is 35.5. The normalized spacial score (nSPS) is 11.9. The van der Waals surface area contributed by atoms with Crippen molar-refractivity contribution in [3.05, 3.63) is 58.1 Å². The summed E-state index contributed by atoms with van der Waals surface area (Å²) in [6, 6.07) is 4.35. The Hall–Kier alpha value is -2.61. The molecule has 1 aromatic carbocycles. The molecule has 0 radical (unpaired) electrons. The second kappa shape index (κ2) is 8.48. The van der Waals surface area contributed by atoms with Gasteiger partial charge in [0.1, 0.15) is 12.3 Å². The highest BCUT2D eigenvalue weighted by Gasteiger charge is 2.13. The van der Waals surface area contributed by atoms with Crippen molar-refractivity contribution in [2.24, 2.45) is 5.11 Å². The highest BCUT2D eigenvalue weighted by Crippen LogP contribution is 2.30. The number of hydrogen-bond acceptors (Lipinski definition) is 6. The molecule has 0 spiro atoms. The van der Waals surface area contributed by atoms with E-state index in [0.717, 1.165) is 5.56 Å². The molecule has 2 aromatic rings. The van der Waals surface area contributed by atoms with Crippen molar-refractivity contribution < 1.29 is 13.5 Å². The fraction of sp³-hybridized carbons (Fsp3) is 0.250. The number of alkyl halides is 2. The molecule has 0 fully saturated rings. The van der Waals surface area contributed by atoms with E-state index in [0.29, 0.717) is 11.4 Å². The second-order valence-corrected chi connectivity index (χ2v) is 5.58. The molecule has 0 aliphatic rings. The van der Waals surface area contributed by atoms with Crippen LogP contribution >= 0.6 is 11.6 Å².